The highest BCUT2D eigenvalue weighted by Gasteiger charge is 2.21. The summed E-state index contributed by atoms with van der Waals surface area (Å²) in [7, 11) is 0. The van der Waals surface area contributed by atoms with Crippen LogP contribution in [-0.2, 0) is 0 Å². The van der Waals surface area contributed by atoms with Crippen LogP contribution < -0.4 is 10.6 Å². The minimum absolute atomic E-state index is 0.0266. The molecule has 1 aliphatic heterocycles. The van der Waals surface area contributed by atoms with Gasteiger partial charge in [-0.25, -0.2) is 14.8 Å². The topological polar surface area (TPSA) is 116 Å². The van der Waals surface area contributed by atoms with Crippen LogP contribution in [0.5, 0.6) is 0 Å². The Morgan fingerprint density at radius 3 is 2.56 bits per heavy atom. The van der Waals surface area contributed by atoms with Crippen LogP contribution in [0.1, 0.15) is 10.5 Å². The second-order valence-corrected chi connectivity index (χ2v) is 4.00. The molecular formula is C10H15N5O3. The van der Waals surface area contributed by atoms with Crippen LogP contribution >= 0.6 is 0 Å². The van der Waals surface area contributed by atoms with E-state index in [0.29, 0.717) is 32.0 Å². The number of aromatic nitrogens is 2. The average molecular weight is 253 g/mol. The maximum Gasteiger partial charge on any atom is 0.354 e. The number of aliphatic hydroxyl groups excluding tert-OH is 1. The molecule has 0 bridgehead atoms. The molecule has 4 N–H and O–H groups in total. The zero-order valence-electron chi connectivity index (χ0n) is 9.73. The van der Waals surface area contributed by atoms with Gasteiger partial charge < -0.3 is 15.1 Å². The van der Waals surface area contributed by atoms with Gasteiger partial charge in [0.1, 0.15) is 12.1 Å². The van der Waals surface area contributed by atoms with E-state index in [1.54, 1.807) is 4.90 Å². The SMILES string of the molecule is NC(O)N1CCN(c2cc(C(=O)O)ncn2)CC1. The maximum atomic E-state index is 10.8. The van der Waals surface area contributed by atoms with Gasteiger partial charge in [0.25, 0.3) is 0 Å². The third-order valence-electron chi connectivity index (χ3n) is 2.88. The van der Waals surface area contributed by atoms with Gasteiger partial charge in [-0.2, -0.15) is 0 Å². The molecule has 1 aromatic rings. The first-order valence-electron chi connectivity index (χ1n) is 5.56. The lowest BCUT2D eigenvalue weighted by molar-refractivity contribution is 0.00560. The van der Waals surface area contributed by atoms with Crippen molar-refractivity contribution in [2.75, 3.05) is 31.1 Å². The van der Waals surface area contributed by atoms with Gasteiger partial charge in [-0.1, -0.05) is 0 Å². The van der Waals surface area contributed by atoms with Gasteiger partial charge in [0.05, 0.1) is 0 Å². The lowest BCUT2D eigenvalue weighted by Gasteiger charge is -2.36. The van der Waals surface area contributed by atoms with Gasteiger partial charge >= 0.3 is 5.97 Å². The summed E-state index contributed by atoms with van der Waals surface area (Å²) in [5.41, 5.74) is 5.35. The number of piperazine rings is 1. The second-order valence-electron chi connectivity index (χ2n) is 4.00. The van der Waals surface area contributed by atoms with E-state index >= 15 is 0 Å². The van der Waals surface area contributed by atoms with E-state index in [0.717, 1.165) is 0 Å². The third kappa shape index (κ3) is 2.73. The molecule has 1 unspecified atom stereocenters. The summed E-state index contributed by atoms with van der Waals surface area (Å²) in [6.45, 7) is 2.46. The Hall–Kier alpha value is -1.77. The fraction of sp³-hybridized carbons (Fsp3) is 0.500. The number of nitrogens with zero attached hydrogens (tertiary/aromatic N) is 4. The van der Waals surface area contributed by atoms with Gasteiger partial charge in [0.2, 0.25) is 0 Å². The monoisotopic (exact) mass is 253 g/mol. The van der Waals surface area contributed by atoms with Crippen LogP contribution in [0.25, 0.3) is 0 Å². The molecule has 0 spiro atoms. The molecular weight excluding hydrogens is 238 g/mol. The van der Waals surface area contributed by atoms with E-state index in [1.807, 2.05) is 4.90 Å². The van der Waals surface area contributed by atoms with Gasteiger partial charge in [-0.3, -0.25) is 10.6 Å². The van der Waals surface area contributed by atoms with Crippen molar-refractivity contribution in [1.29, 1.82) is 0 Å². The van der Waals surface area contributed by atoms with Gasteiger partial charge in [0.15, 0.2) is 12.0 Å². The number of carboxylic acids is 1. The van der Waals surface area contributed by atoms with Crippen LogP contribution in [0.15, 0.2) is 12.4 Å². The number of aliphatic hydroxyl groups is 1. The summed E-state index contributed by atoms with van der Waals surface area (Å²) in [6.07, 6.45) is 0.287. The van der Waals surface area contributed by atoms with Crippen molar-refractivity contribution in [3.63, 3.8) is 0 Å². The molecule has 1 atom stereocenters. The molecule has 1 aromatic heterocycles. The first-order valence-corrected chi connectivity index (χ1v) is 5.56. The van der Waals surface area contributed by atoms with Crippen LogP contribution in [-0.4, -0.2) is 63.6 Å². The smallest absolute Gasteiger partial charge is 0.354 e. The Kier molecular flexibility index (Phi) is 3.70. The van der Waals surface area contributed by atoms with E-state index < -0.39 is 12.3 Å². The molecule has 0 saturated carbocycles. The number of carboxylic acid groups (broad SMARTS) is 1. The highest BCUT2D eigenvalue weighted by molar-refractivity contribution is 5.86. The molecule has 0 aromatic carbocycles. The van der Waals surface area contributed by atoms with Crippen molar-refractivity contribution in [1.82, 2.24) is 14.9 Å². The number of carbonyl (C=O) groups is 1. The van der Waals surface area contributed by atoms with Crippen molar-refractivity contribution >= 4 is 11.8 Å². The Labute approximate surface area is 104 Å². The fourth-order valence-corrected chi connectivity index (χ4v) is 1.85. The Morgan fingerprint density at radius 1 is 1.33 bits per heavy atom. The van der Waals surface area contributed by atoms with Crippen molar-refractivity contribution < 1.29 is 15.0 Å². The first-order chi connectivity index (χ1) is 8.58. The van der Waals surface area contributed by atoms with E-state index in [1.165, 1.54) is 12.4 Å². The van der Waals surface area contributed by atoms with Crippen LogP contribution in [0, 0.1) is 0 Å². The molecule has 1 saturated heterocycles. The van der Waals surface area contributed by atoms with Gasteiger partial charge in [-0.05, 0) is 0 Å². The summed E-state index contributed by atoms with van der Waals surface area (Å²) in [4.78, 5) is 22.2. The van der Waals surface area contributed by atoms with Crippen LogP contribution in [0.2, 0.25) is 0 Å². The number of hydrogen-bond donors (Lipinski definition) is 3. The fourth-order valence-electron chi connectivity index (χ4n) is 1.85. The van der Waals surface area contributed by atoms with Crippen LogP contribution in [0.4, 0.5) is 5.82 Å². The molecule has 0 radical (unpaired) electrons. The van der Waals surface area contributed by atoms with E-state index in [4.69, 9.17) is 10.8 Å². The summed E-state index contributed by atoms with van der Waals surface area (Å²) in [5, 5.41) is 18.1. The lowest BCUT2D eigenvalue weighted by Crippen LogP contribution is -2.53. The predicted molar refractivity (Wildman–Crippen MR) is 63.0 cm³/mol. The zero-order valence-corrected chi connectivity index (χ0v) is 9.73. The molecule has 98 valence electrons. The normalized spacial score (nSPS) is 18.7. The minimum atomic E-state index is -1.07. The number of anilines is 1. The average Bonchev–Trinajstić information content (AvgIpc) is 2.39. The van der Waals surface area contributed by atoms with E-state index in [9.17, 15) is 9.90 Å². The second kappa shape index (κ2) is 5.25. The van der Waals surface area contributed by atoms with Crippen molar-refractivity contribution in [3.05, 3.63) is 18.1 Å². The lowest BCUT2D eigenvalue weighted by atomic mass is 10.3. The Balaban J connectivity index is 2.05. The largest absolute Gasteiger partial charge is 0.477 e. The molecule has 2 rings (SSSR count). The summed E-state index contributed by atoms with van der Waals surface area (Å²) >= 11 is 0. The molecule has 0 aliphatic carbocycles. The van der Waals surface area contributed by atoms with Crippen molar-refractivity contribution in [3.8, 4) is 0 Å². The molecule has 8 nitrogen and oxygen atoms in total. The molecule has 2 heterocycles. The van der Waals surface area contributed by atoms with E-state index in [-0.39, 0.29) is 5.69 Å². The molecule has 8 heteroatoms. The Bertz CT molecular complexity index is 431. The quantitative estimate of drug-likeness (QED) is 0.559. The summed E-state index contributed by atoms with van der Waals surface area (Å²) in [6, 6.07) is 1.44. The molecule has 0 amide bonds. The summed E-state index contributed by atoms with van der Waals surface area (Å²) in [5.74, 6) is -0.497. The molecule has 1 aliphatic rings. The number of hydrogen-bond acceptors (Lipinski definition) is 7. The van der Waals surface area contributed by atoms with Crippen molar-refractivity contribution in [2.24, 2.45) is 5.73 Å². The van der Waals surface area contributed by atoms with Gasteiger partial charge in [-0.15, -0.1) is 0 Å². The van der Waals surface area contributed by atoms with E-state index in [2.05, 4.69) is 9.97 Å². The number of nitrogens with two attached hydrogens (primary N) is 1. The highest BCUT2D eigenvalue weighted by Crippen LogP contribution is 2.14. The van der Waals surface area contributed by atoms with Crippen LogP contribution in [0.3, 0.4) is 0 Å². The number of rotatable bonds is 3. The minimum Gasteiger partial charge on any atom is -0.477 e. The third-order valence-corrected chi connectivity index (χ3v) is 2.88. The summed E-state index contributed by atoms with van der Waals surface area (Å²) < 4.78 is 0. The zero-order chi connectivity index (χ0) is 13.1. The predicted octanol–water partition coefficient (Wildman–Crippen LogP) is -1.47. The van der Waals surface area contributed by atoms with Crippen molar-refractivity contribution in [2.45, 2.75) is 6.35 Å². The Morgan fingerprint density at radius 2 is 2.00 bits per heavy atom. The first kappa shape index (κ1) is 12.7. The standard InChI is InChI=1S/C10H15N5O3/c11-10(18)15-3-1-14(2-4-15)8-5-7(9(16)17)12-6-13-8/h5-6,10,18H,1-4,11H2,(H,16,17). The number of aromatic carboxylic acids is 1. The molecule has 18 heavy (non-hydrogen) atoms. The highest BCUT2D eigenvalue weighted by atomic mass is 16.4. The van der Waals surface area contributed by atoms with Gasteiger partial charge in [0, 0.05) is 32.2 Å². The maximum absolute atomic E-state index is 10.8. The molecule has 1 fully saturated rings.